The molecule has 0 heterocycles. The molecule has 1 rings (SSSR count). The van der Waals surface area contributed by atoms with Crippen LogP contribution in [0.5, 0.6) is 11.5 Å². The maximum Gasteiger partial charge on any atom is 0.313 e. The van der Waals surface area contributed by atoms with Crippen molar-refractivity contribution in [1.29, 1.82) is 0 Å². The summed E-state index contributed by atoms with van der Waals surface area (Å²) in [6.45, 7) is 4.31. The Morgan fingerprint density at radius 3 is 2.82 bits per heavy atom. The molecule has 22 heavy (non-hydrogen) atoms. The second kappa shape index (κ2) is 9.73. The quantitative estimate of drug-likeness (QED) is 0.504. The SMILES string of the molecule is C=CCOc1ccc(C(=O)NCCSCC(=O)O)cc1OC. The van der Waals surface area contributed by atoms with E-state index in [1.807, 2.05) is 0 Å². The molecule has 1 aromatic carbocycles. The summed E-state index contributed by atoms with van der Waals surface area (Å²) in [6, 6.07) is 4.90. The zero-order valence-electron chi connectivity index (χ0n) is 12.3. The third-order valence-corrected chi connectivity index (χ3v) is 3.48. The lowest BCUT2D eigenvalue weighted by Crippen LogP contribution is -2.26. The summed E-state index contributed by atoms with van der Waals surface area (Å²) in [5, 5.41) is 11.2. The zero-order chi connectivity index (χ0) is 16.4. The molecular formula is C15H19NO5S. The highest BCUT2D eigenvalue weighted by Crippen LogP contribution is 2.28. The van der Waals surface area contributed by atoms with Gasteiger partial charge in [0.25, 0.3) is 5.91 Å². The highest BCUT2D eigenvalue weighted by atomic mass is 32.2. The molecule has 1 aromatic rings. The first-order valence-electron chi connectivity index (χ1n) is 6.58. The van der Waals surface area contributed by atoms with Crippen LogP contribution in [0.2, 0.25) is 0 Å². The fraction of sp³-hybridized carbons (Fsp3) is 0.333. The molecule has 0 atom stereocenters. The minimum absolute atomic E-state index is 0.0268. The van der Waals surface area contributed by atoms with E-state index in [-0.39, 0.29) is 11.7 Å². The number of amides is 1. The molecular weight excluding hydrogens is 306 g/mol. The van der Waals surface area contributed by atoms with Gasteiger partial charge in [-0.3, -0.25) is 9.59 Å². The minimum atomic E-state index is -0.865. The summed E-state index contributed by atoms with van der Waals surface area (Å²) in [6.07, 6.45) is 1.62. The highest BCUT2D eigenvalue weighted by Gasteiger charge is 2.10. The average molecular weight is 325 g/mol. The molecule has 0 aliphatic heterocycles. The Kier molecular flexibility index (Phi) is 7.91. The first-order chi connectivity index (χ1) is 10.6. The van der Waals surface area contributed by atoms with E-state index in [9.17, 15) is 9.59 Å². The molecule has 2 N–H and O–H groups in total. The summed E-state index contributed by atoms with van der Waals surface area (Å²) in [7, 11) is 1.50. The number of aliphatic carboxylic acids is 1. The van der Waals surface area contributed by atoms with Crippen LogP contribution in [0.1, 0.15) is 10.4 Å². The van der Waals surface area contributed by atoms with Gasteiger partial charge in [-0.2, -0.15) is 0 Å². The van der Waals surface area contributed by atoms with E-state index in [1.165, 1.54) is 18.9 Å². The van der Waals surface area contributed by atoms with Gasteiger partial charge >= 0.3 is 5.97 Å². The molecule has 0 saturated heterocycles. The van der Waals surface area contributed by atoms with Gasteiger partial charge in [0.1, 0.15) is 6.61 Å². The van der Waals surface area contributed by atoms with Crippen molar-refractivity contribution in [1.82, 2.24) is 5.32 Å². The predicted molar refractivity (Wildman–Crippen MR) is 86.0 cm³/mol. The van der Waals surface area contributed by atoms with Gasteiger partial charge in [0.2, 0.25) is 0 Å². The summed E-state index contributed by atoms with van der Waals surface area (Å²) in [4.78, 5) is 22.3. The molecule has 0 unspecified atom stereocenters. The van der Waals surface area contributed by atoms with Gasteiger partial charge < -0.3 is 19.9 Å². The highest BCUT2D eigenvalue weighted by molar-refractivity contribution is 7.99. The number of rotatable bonds is 10. The number of methoxy groups -OCH3 is 1. The second-order valence-electron chi connectivity index (χ2n) is 4.17. The van der Waals surface area contributed by atoms with Crippen LogP contribution in [0, 0.1) is 0 Å². The zero-order valence-corrected chi connectivity index (χ0v) is 13.1. The van der Waals surface area contributed by atoms with E-state index in [0.717, 1.165) is 0 Å². The molecule has 6 nitrogen and oxygen atoms in total. The summed E-state index contributed by atoms with van der Waals surface area (Å²) >= 11 is 1.25. The Labute approximate surface area is 133 Å². The molecule has 7 heteroatoms. The molecule has 0 aromatic heterocycles. The van der Waals surface area contributed by atoms with Crippen LogP contribution in [0.3, 0.4) is 0 Å². The lowest BCUT2D eigenvalue weighted by molar-refractivity contribution is -0.133. The number of thioether (sulfide) groups is 1. The lowest BCUT2D eigenvalue weighted by atomic mass is 10.2. The Morgan fingerprint density at radius 2 is 2.18 bits per heavy atom. The van der Waals surface area contributed by atoms with Crippen molar-refractivity contribution in [2.24, 2.45) is 0 Å². The van der Waals surface area contributed by atoms with Gasteiger partial charge in [0.15, 0.2) is 11.5 Å². The van der Waals surface area contributed by atoms with E-state index in [2.05, 4.69) is 11.9 Å². The number of nitrogens with one attached hydrogen (secondary N) is 1. The van der Waals surface area contributed by atoms with Crippen LogP contribution in [-0.4, -0.2) is 48.8 Å². The maximum atomic E-state index is 12.0. The number of carbonyl (C=O) groups is 2. The molecule has 0 spiro atoms. The van der Waals surface area contributed by atoms with Crippen molar-refractivity contribution in [3.8, 4) is 11.5 Å². The van der Waals surface area contributed by atoms with Crippen LogP contribution < -0.4 is 14.8 Å². The first kappa shape index (κ1) is 17.9. The molecule has 1 amide bonds. The lowest BCUT2D eigenvalue weighted by Gasteiger charge is -2.11. The Balaban J connectivity index is 2.54. The van der Waals surface area contributed by atoms with Crippen molar-refractivity contribution in [3.05, 3.63) is 36.4 Å². The topological polar surface area (TPSA) is 84.9 Å². The number of carboxylic acids is 1. The van der Waals surface area contributed by atoms with Crippen molar-refractivity contribution in [3.63, 3.8) is 0 Å². The first-order valence-corrected chi connectivity index (χ1v) is 7.73. The van der Waals surface area contributed by atoms with E-state index >= 15 is 0 Å². The van der Waals surface area contributed by atoms with E-state index in [4.69, 9.17) is 14.6 Å². The van der Waals surface area contributed by atoms with Gasteiger partial charge in [-0.15, -0.1) is 11.8 Å². The predicted octanol–water partition coefficient (Wildman–Crippen LogP) is 1.81. The Bertz CT molecular complexity index is 533. The summed E-state index contributed by atoms with van der Waals surface area (Å²) in [5.41, 5.74) is 0.450. The number of ether oxygens (including phenoxy) is 2. The number of hydrogen-bond acceptors (Lipinski definition) is 5. The van der Waals surface area contributed by atoms with E-state index in [1.54, 1.807) is 24.3 Å². The summed E-state index contributed by atoms with van der Waals surface area (Å²) in [5.74, 6) is 0.459. The van der Waals surface area contributed by atoms with Crippen LogP contribution in [-0.2, 0) is 4.79 Å². The normalized spacial score (nSPS) is 9.86. The third kappa shape index (κ3) is 6.09. The third-order valence-electron chi connectivity index (χ3n) is 2.54. The van der Waals surface area contributed by atoms with Crippen LogP contribution in [0.25, 0.3) is 0 Å². The monoisotopic (exact) mass is 325 g/mol. The molecule has 0 radical (unpaired) electrons. The molecule has 0 fully saturated rings. The smallest absolute Gasteiger partial charge is 0.313 e. The molecule has 0 saturated carbocycles. The van der Waals surface area contributed by atoms with Crippen molar-refractivity contribution >= 4 is 23.6 Å². The van der Waals surface area contributed by atoms with Crippen molar-refractivity contribution < 1.29 is 24.2 Å². The van der Waals surface area contributed by atoms with Gasteiger partial charge in [0, 0.05) is 17.9 Å². The molecule has 0 aliphatic carbocycles. The number of benzene rings is 1. The van der Waals surface area contributed by atoms with Crippen LogP contribution in [0.4, 0.5) is 0 Å². The number of carbonyl (C=O) groups excluding carboxylic acids is 1. The van der Waals surface area contributed by atoms with Gasteiger partial charge in [0.05, 0.1) is 12.9 Å². The van der Waals surface area contributed by atoms with Crippen molar-refractivity contribution in [2.75, 3.05) is 31.8 Å². The summed E-state index contributed by atoms with van der Waals surface area (Å²) < 4.78 is 10.6. The average Bonchev–Trinajstić information content (AvgIpc) is 2.51. The fourth-order valence-corrected chi connectivity index (χ4v) is 2.14. The van der Waals surface area contributed by atoms with Crippen LogP contribution in [0.15, 0.2) is 30.9 Å². The number of hydrogen-bond donors (Lipinski definition) is 2. The van der Waals surface area contributed by atoms with E-state index < -0.39 is 5.97 Å². The van der Waals surface area contributed by atoms with Gasteiger partial charge in [-0.1, -0.05) is 12.7 Å². The van der Waals surface area contributed by atoms with E-state index in [0.29, 0.717) is 36.0 Å². The Hall–Kier alpha value is -2.15. The molecule has 120 valence electrons. The van der Waals surface area contributed by atoms with Crippen LogP contribution >= 0.6 is 11.8 Å². The standard InChI is InChI=1S/C15H19NO5S/c1-3-7-21-12-5-4-11(9-13(12)20-2)15(19)16-6-8-22-10-14(17)18/h3-5,9H,1,6-8,10H2,2H3,(H,16,19)(H,17,18). The minimum Gasteiger partial charge on any atom is -0.493 e. The Morgan fingerprint density at radius 1 is 1.41 bits per heavy atom. The largest absolute Gasteiger partial charge is 0.493 e. The van der Waals surface area contributed by atoms with Crippen molar-refractivity contribution in [2.45, 2.75) is 0 Å². The molecule has 0 aliphatic rings. The van der Waals surface area contributed by atoms with Gasteiger partial charge in [-0.05, 0) is 18.2 Å². The second-order valence-corrected chi connectivity index (χ2v) is 5.27. The fourth-order valence-electron chi connectivity index (χ4n) is 1.58. The molecule has 0 bridgehead atoms. The number of carboxylic acid groups (broad SMARTS) is 1. The van der Waals surface area contributed by atoms with Gasteiger partial charge in [-0.25, -0.2) is 0 Å². The maximum absolute atomic E-state index is 12.0.